The van der Waals surface area contributed by atoms with Crippen LogP contribution in [0.3, 0.4) is 0 Å². The van der Waals surface area contributed by atoms with Crippen LogP contribution in [-0.2, 0) is 0 Å². The van der Waals surface area contributed by atoms with Gasteiger partial charge in [0.2, 0.25) is 0 Å². The van der Waals surface area contributed by atoms with Crippen LogP contribution in [0.4, 0.5) is 11.4 Å². The molecule has 0 saturated carbocycles. The summed E-state index contributed by atoms with van der Waals surface area (Å²) < 4.78 is 10.7. The summed E-state index contributed by atoms with van der Waals surface area (Å²) >= 11 is 0. The summed E-state index contributed by atoms with van der Waals surface area (Å²) in [5.41, 5.74) is 3.82. The number of nitrogens with one attached hydrogen (secondary N) is 4. The fourth-order valence-corrected chi connectivity index (χ4v) is 2.72. The number of anilines is 2. The third-order valence-corrected chi connectivity index (χ3v) is 3.77. The highest BCUT2D eigenvalue weighted by molar-refractivity contribution is 5.79. The van der Waals surface area contributed by atoms with Gasteiger partial charge in [-0.3, -0.25) is 0 Å². The first-order valence-electron chi connectivity index (χ1n) is 7.68. The van der Waals surface area contributed by atoms with Crippen LogP contribution in [0.5, 0.6) is 11.5 Å². The number of benzene rings is 2. The second-order valence-corrected chi connectivity index (χ2v) is 5.60. The summed E-state index contributed by atoms with van der Waals surface area (Å²) in [5.74, 6) is 1.93. The molecular formula is C18H20N4O3. The number of hydrogen-bond donors (Lipinski definition) is 4. The van der Waals surface area contributed by atoms with Crippen molar-refractivity contribution >= 4 is 22.4 Å². The van der Waals surface area contributed by atoms with Gasteiger partial charge in [0.05, 0.1) is 25.3 Å². The SMILES string of the molecule is C=C(Nc1cc(C)c(OC)c(OC)c1)Nc1ccc2[nH]c(=O)[nH]c2c1. The van der Waals surface area contributed by atoms with Crippen molar-refractivity contribution < 1.29 is 9.47 Å². The Morgan fingerprint density at radius 2 is 1.72 bits per heavy atom. The number of rotatable bonds is 6. The number of hydrogen-bond acceptors (Lipinski definition) is 5. The topological polar surface area (TPSA) is 91.2 Å². The van der Waals surface area contributed by atoms with Crippen LogP contribution < -0.4 is 25.8 Å². The molecule has 0 fully saturated rings. The van der Waals surface area contributed by atoms with Gasteiger partial charge in [0.15, 0.2) is 11.5 Å². The van der Waals surface area contributed by atoms with E-state index in [2.05, 4.69) is 27.2 Å². The molecule has 3 rings (SSSR count). The van der Waals surface area contributed by atoms with Crippen molar-refractivity contribution in [2.45, 2.75) is 6.92 Å². The van der Waals surface area contributed by atoms with E-state index >= 15 is 0 Å². The van der Waals surface area contributed by atoms with Gasteiger partial charge in [-0.25, -0.2) is 4.79 Å². The monoisotopic (exact) mass is 340 g/mol. The van der Waals surface area contributed by atoms with E-state index in [1.54, 1.807) is 14.2 Å². The lowest BCUT2D eigenvalue weighted by molar-refractivity contribution is 0.353. The van der Waals surface area contributed by atoms with Gasteiger partial charge in [-0.2, -0.15) is 0 Å². The number of methoxy groups -OCH3 is 2. The van der Waals surface area contributed by atoms with Gasteiger partial charge in [-0.1, -0.05) is 6.58 Å². The standard InChI is InChI=1S/C18H20N4O3/c1-10-7-13(9-16(24-3)17(10)25-4)20-11(2)19-12-5-6-14-15(8-12)22-18(23)21-14/h5-9,19-20H,2H2,1,3-4H3,(H2,21,22,23). The van der Waals surface area contributed by atoms with E-state index in [9.17, 15) is 4.79 Å². The van der Waals surface area contributed by atoms with Crippen LogP contribution in [0.15, 0.2) is 47.5 Å². The van der Waals surface area contributed by atoms with Crippen molar-refractivity contribution in [1.29, 1.82) is 0 Å². The van der Waals surface area contributed by atoms with Crippen LogP contribution in [0.25, 0.3) is 11.0 Å². The van der Waals surface area contributed by atoms with Crippen molar-refractivity contribution in [1.82, 2.24) is 9.97 Å². The predicted molar refractivity (Wildman–Crippen MR) is 99.6 cm³/mol. The lowest BCUT2D eigenvalue weighted by Gasteiger charge is -2.16. The molecular weight excluding hydrogens is 320 g/mol. The zero-order chi connectivity index (χ0) is 18.0. The molecule has 0 aliphatic carbocycles. The van der Waals surface area contributed by atoms with Gasteiger partial charge in [0.25, 0.3) is 0 Å². The number of fused-ring (bicyclic) bond motifs is 1. The van der Waals surface area contributed by atoms with Gasteiger partial charge < -0.3 is 30.1 Å². The molecule has 7 nitrogen and oxygen atoms in total. The number of H-pyrrole nitrogens is 2. The molecule has 0 radical (unpaired) electrons. The fourth-order valence-electron chi connectivity index (χ4n) is 2.72. The Balaban J connectivity index is 1.77. The molecule has 3 aromatic rings. The number of aromatic nitrogens is 2. The van der Waals surface area contributed by atoms with Crippen LogP contribution in [-0.4, -0.2) is 24.2 Å². The van der Waals surface area contributed by atoms with Crippen molar-refractivity contribution in [3.8, 4) is 11.5 Å². The van der Waals surface area contributed by atoms with E-state index in [0.29, 0.717) is 17.3 Å². The van der Waals surface area contributed by atoms with E-state index < -0.39 is 0 Å². The smallest absolute Gasteiger partial charge is 0.323 e. The second kappa shape index (κ2) is 6.64. The molecule has 0 bridgehead atoms. The van der Waals surface area contributed by atoms with Gasteiger partial charge in [0.1, 0.15) is 5.82 Å². The highest BCUT2D eigenvalue weighted by Gasteiger charge is 2.10. The highest BCUT2D eigenvalue weighted by atomic mass is 16.5. The number of imidazole rings is 1. The Morgan fingerprint density at radius 3 is 2.44 bits per heavy atom. The van der Waals surface area contributed by atoms with E-state index in [4.69, 9.17) is 9.47 Å². The Kier molecular flexibility index (Phi) is 4.38. The molecule has 1 aromatic heterocycles. The van der Waals surface area contributed by atoms with Gasteiger partial charge in [-0.05, 0) is 36.8 Å². The molecule has 4 N–H and O–H groups in total. The van der Waals surface area contributed by atoms with Gasteiger partial charge in [-0.15, -0.1) is 0 Å². The summed E-state index contributed by atoms with van der Waals surface area (Å²) in [5, 5.41) is 6.35. The molecule has 0 aliphatic heterocycles. The Morgan fingerprint density at radius 1 is 1.00 bits per heavy atom. The molecule has 1 heterocycles. The number of ether oxygens (including phenoxy) is 2. The summed E-state index contributed by atoms with van der Waals surface area (Å²) in [4.78, 5) is 16.8. The summed E-state index contributed by atoms with van der Waals surface area (Å²) in [6, 6.07) is 9.30. The first-order chi connectivity index (χ1) is 12.0. The normalized spacial score (nSPS) is 10.5. The third-order valence-electron chi connectivity index (χ3n) is 3.77. The minimum Gasteiger partial charge on any atom is -0.493 e. The fraction of sp³-hybridized carbons (Fsp3) is 0.167. The largest absolute Gasteiger partial charge is 0.493 e. The van der Waals surface area contributed by atoms with Crippen molar-refractivity contribution in [2.24, 2.45) is 0 Å². The first-order valence-corrected chi connectivity index (χ1v) is 7.68. The van der Waals surface area contributed by atoms with Crippen LogP contribution in [0.1, 0.15) is 5.56 Å². The van der Waals surface area contributed by atoms with Crippen molar-refractivity contribution in [3.05, 3.63) is 58.8 Å². The van der Waals surface area contributed by atoms with Crippen molar-refractivity contribution in [3.63, 3.8) is 0 Å². The van der Waals surface area contributed by atoms with Crippen LogP contribution >= 0.6 is 0 Å². The lowest BCUT2D eigenvalue weighted by atomic mass is 10.2. The van der Waals surface area contributed by atoms with E-state index in [1.807, 2.05) is 37.3 Å². The van der Waals surface area contributed by atoms with E-state index in [1.165, 1.54) is 0 Å². The summed E-state index contributed by atoms with van der Waals surface area (Å²) in [7, 11) is 3.21. The molecule has 0 spiro atoms. The minimum atomic E-state index is -0.232. The van der Waals surface area contributed by atoms with Crippen molar-refractivity contribution in [2.75, 3.05) is 24.9 Å². The maximum absolute atomic E-state index is 11.3. The molecule has 7 heteroatoms. The first kappa shape index (κ1) is 16.5. The van der Waals surface area contributed by atoms with Gasteiger partial charge in [0, 0.05) is 17.4 Å². The number of aromatic amines is 2. The molecule has 130 valence electrons. The predicted octanol–water partition coefficient (Wildman–Crippen LogP) is 3.18. The number of aryl methyl sites for hydroxylation is 1. The molecule has 25 heavy (non-hydrogen) atoms. The Hall–Kier alpha value is -3.35. The average molecular weight is 340 g/mol. The molecule has 0 saturated heterocycles. The molecule has 2 aromatic carbocycles. The molecule has 0 unspecified atom stereocenters. The van der Waals surface area contributed by atoms with E-state index in [0.717, 1.165) is 28.0 Å². The Bertz CT molecular complexity index is 988. The zero-order valence-electron chi connectivity index (χ0n) is 14.3. The van der Waals surface area contributed by atoms with Crippen LogP contribution in [0.2, 0.25) is 0 Å². The molecule has 0 aliphatic rings. The summed E-state index contributed by atoms with van der Waals surface area (Å²) in [6.45, 7) is 5.93. The third kappa shape index (κ3) is 3.45. The maximum atomic E-state index is 11.3. The molecule has 0 amide bonds. The lowest BCUT2D eigenvalue weighted by Crippen LogP contribution is -2.08. The average Bonchev–Trinajstić information content (AvgIpc) is 2.93. The zero-order valence-corrected chi connectivity index (χ0v) is 14.3. The van der Waals surface area contributed by atoms with Gasteiger partial charge >= 0.3 is 5.69 Å². The maximum Gasteiger partial charge on any atom is 0.323 e. The van der Waals surface area contributed by atoms with E-state index in [-0.39, 0.29) is 5.69 Å². The second-order valence-electron chi connectivity index (χ2n) is 5.60. The highest BCUT2D eigenvalue weighted by Crippen LogP contribution is 2.34. The quantitative estimate of drug-likeness (QED) is 0.553. The Labute approximate surface area is 144 Å². The van der Waals surface area contributed by atoms with Crippen LogP contribution in [0, 0.1) is 6.92 Å². The minimum absolute atomic E-state index is 0.232. The molecule has 0 atom stereocenters. The summed E-state index contributed by atoms with van der Waals surface area (Å²) in [6.07, 6.45) is 0.